The molecule has 10 nitrogen and oxygen atoms in total. The van der Waals surface area contributed by atoms with Gasteiger partial charge in [0.15, 0.2) is 11.5 Å². The topological polar surface area (TPSA) is 132 Å². The standard InChI is InChI=1S/C29H28N8O2/c1-36-16-19(14-33-36)13-31-27-28-32-15-25(20-5-7-21(8-6-20)29(39)34-23-9-10-23)37(28)17-24(35-27)22-4-2-3-18(11-22)12-26(30)38/h2-8,11,14-17,23H,9-10,12-13H2,1H3,(H2,30,38)(H,31,35)(H,34,39). The Kier molecular flexibility index (Phi) is 6.28. The fourth-order valence-electron chi connectivity index (χ4n) is 4.54. The molecule has 1 aliphatic carbocycles. The third-order valence-electron chi connectivity index (χ3n) is 6.67. The first-order chi connectivity index (χ1) is 18.9. The molecule has 5 aromatic rings. The van der Waals surface area contributed by atoms with Gasteiger partial charge in [-0.1, -0.05) is 30.3 Å². The second-order valence-corrected chi connectivity index (χ2v) is 9.86. The highest BCUT2D eigenvalue weighted by atomic mass is 16.2. The number of aromatic nitrogens is 5. The van der Waals surface area contributed by atoms with Crippen molar-refractivity contribution in [3.63, 3.8) is 0 Å². The maximum atomic E-state index is 12.5. The summed E-state index contributed by atoms with van der Waals surface area (Å²) in [6.07, 6.45) is 9.73. The molecule has 0 radical (unpaired) electrons. The molecule has 4 N–H and O–H groups in total. The molecule has 1 fully saturated rings. The van der Waals surface area contributed by atoms with Crippen LogP contribution in [-0.2, 0) is 24.8 Å². The van der Waals surface area contributed by atoms with Crippen LogP contribution < -0.4 is 16.4 Å². The van der Waals surface area contributed by atoms with Gasteiger partial charge in [-0.2, -0.15) is 5.10 Å². The SMILES string of the molecule is Cn1cc(CNc2nc(-c3cccc(CC(N)=O)c3)cn3c(-c4ccc(C(=O)NC5CC5)cc4)cnc23)cn1. The normalized spacial score (nSPS) is 12.9. The highest BCUT2D eigenvalue weighted by molar-refractivity contribution is 5.95. The second kappa shape index (κ2) is 10.1. The van der Waals surface area contributed by atoms with E-state index in [4.69, 9.17) is 10.7 Å². The van der Waals surface area contributed by atoms with E-state index in [1.165, 1.54) is 0 Å². The van der Waals surface area contributed by atoms with Crippen LogP contribution in [0.15, 0.2) is 73.3 Å². The predicted octanol–water partition coefficient (Wildman–Crippen LogP) is 3.33. The molecule has 0 bridgehead atoms. The van der Waals surface area contributed by atoms with E-state index in [0.29, 0.717) is 35.3 Å². The number of amides is 2. The molecule has 3 heterocycles. The maximum Gasteiger partial charge on any atom is 0.251 e. The maximum absolute atomic E-state index is 12.5. The molecule has 0 aliphatic heterocycles. The Balaban J connectivity index is 1.39. The van der Waals surface area contributed by atoms with Gasteiger partial charge in [-0.05, 0) is 36.6 Å². The van der Waals surface area contributed by atoms with Crippen LogP contribution in [0.3, 0.4) is 0 Å². The number of carbonyl (C=O) groups is 2. The summed E-state index contributed by atoms with van der Waals surface area (Å²) in [5, 5.41) is 10.7. The minimum absolute atomic E-state index is 0.0496. The molecule has 0 atom stereocenters. The minimum atomic E-state index is -0.388. The summed E-state index contributed by atoms with van der Waals surface area (Å²) < 4.78 is 3.75. The lowest BCUT2D eigenvalue weighted by molar-refractivity contribution is -0.117. The van der Waals surface area contributed by atoms with Crippen LogP contribution in [-0.4, -0.2) is 42.0 Å². The summed E-state index contributed by atoms with van der Waals surface area (Å²) in [4.78, 5) is 33.6. The zero-order valence-electron chi connectivity index (χ0n) is 21.5. The summed E-state index contributed by atoms with van der Waals surface area (Å²) in [5.41, 5.74) is 11.9. The molecule has 10 heteroatoms. The largest absolute Gasteiger partial charge is 0.369 e. The molecule has 1 aliphatic rings. The van der Waals surface area contributed by atoms with Crippen LogP contribution in [0.2, 0.25) is 0 Å². The Morgan fingerprint density at radius 1 is 1.03 bits per heavy atom. The van der Waals surface area contributed by atoms with E-state index < -0.39 is 0 Å². The Morgan fingerprint density at radius 2 is 1.85 bits per heavy atom. The third-order valence-corrected chi connectivity index (χ3v) is 6.67. The van der Waals surface area contributed by atoms with Crippen molar-refractivity contribution in [2.75, 3.05) is 5.32 Å². The number of anilines is 1. The Hall–Kier alpha value is -4.99. The summed E-state index contributed by atoms with van der Waals surface area (Å²) in [6, 6.07) is 15.5. The molecule has 6 rings (SSSR count). The molecule has 2 aromatic carbocycles. The van der Waals surface area contributed by atoms with Crippen molar-refractivity contribution in [1.82, 2.24) is 29.5 Å². The molecular weight excluding hydrogens is 492 g/mol. The van der Waals surface area contributed by atoms with Crippen LogP contribution in [0, 0.1) is 0 Å². The van der Waals surface area contributed by atoms with Crippen LogP contribution in [0.4, 0.5) is 5.82 Å². The molecule has 1 saturated carbocycles. The zero-order chi connectivity index (χ0) is 26.9. The van der Waals surface area contributed by atoms with Gasteiger partial charge in [-0.25, -0.2) is 9.97 Å². The second-order valence-electron chi connectivity index (χ2n) is 9.86. The average Bonchev–Trinajstić information content (AvgIpc) is 3.47. The van der Waals surface area contributed by atoms with E-state index in [0.717, 1.165) is 40.8 Å². The first-order valence-corrected chi connectivity index (χ1v) is 12.8. The van der Waals surface area contributed by atoms with E-state index in [9.17, 15) is 9.59 Å². The van der Waals surface area contributed by atoms with E-state index in [2.05, 4.69) is 20.7 Å². The number of hydrogen-bond donors (Lipinski definition) is 3. The number of imidazole rings is 1. The summed E-state index contributed by atoms with van der Waals surface area (Å²) >= 11 is 0. The van der Waals surface area contributed by atoms with E-state index in [1.807, 2.05) is 72.4 Å². The van der Waals surface area contributed by atoms with Crippen LogP contribution >= 0.6 is 0 Å². The van der Waals surface area contributed by atoms with Gasteiger partial charge in [-0.3, -0.25) is 18.7 Å². The number of aryl methyl sites for hydroxylation is 1. The number of benzene rings is 2. The predicted molar refractivity (Wildman–Crippen MR) is 148 cm³/mol. The van der Waals surface area contributed by atoms with Crippen molar-refractivity contribution in [1.29, 1.82) is 0 Å². The number of nitrogens with zero attached hydrogens (tertiary/aromatic N) is 5. The number of primary amides is 1. The Labute approximate surface area is 224 Å². The zero-order valence-corrected chi connectivity index (χ0v) is 21.5. The monoisotopic (exact) mass is 520 g/mol. The highest BCUT2D eigenvalue weighted by Crippen LogP contribution is 2.29. The number of hydrogen-bond acceptors (Lipinski definition) is 6. The molecular formula is C29H28N8O2. The van der Waals surface area contributed by atoms with E-state index in [1.54, 1.807) is 17.1 Å². The molecule has 0 unspecified atom stereocenters. The van der Waals surface area contributed by atoms with Crippen molar-refractivity contribution >= 4 is 23.3 Å². The van der Waals surface area contributed by atoms with Gasteiger partial charge >= 0.3 is 0 Å². The van der Waals surface area contributed by atoms with E-state index >= 15 is 0 Å². The van der Waals surface area contributed by atoms with E-state index in [-0.39, 0.29) is 18.2 Å². The van der Waals surface area contributed by atoms with Crippen molar-refractivity contribution in [2.45, 2.75) is 31.8 Å². The Bertz CT molecular complexity index is 1680. The smallest absolute Gasteiger partial charge is 0.251 e. The summed E-state index contributed by atoms with van der Waals surface area (Å²) in [7, 11) is 1.88. The van der Waals surface area contributed by atoms with Gasteiger partial charge in [0.2, 0.25) is 5.91 Å². The van der Waals surface area contributed by atoms with Crippen molar-refractivity contribution < 1.29 is 9.59 Å². The van der Waals surface area contributed by atoms with Crippen molar-refractivity contribution in [3.8, 4) is 22.5 Å². The fourth-order valence-corrected chi connectivity index (χ4v) is 4.54. The fraction of sp³-hybridized carbons (Fsp3) is 0.207. The average molecular weight is 521 g/mol. The van der Waals surface area contributed by atoms with Gasteiger partial charge in [0.1, 0.15) is 0 Å². The van der Waals surface area contributed by atoms with Crippen LogP contribution in [0.25, 0.3) is 28.2 Å². The summed E-state index contributed by atoms with van der Waals surface area (Å²) in [5.74, 6) is 0.176. The van der Waals surface area contributed by atoms with Gasteiger partial charge in [0.25, 0.3) is 5.91 Å². The number of nitrogens with two attached hydrogens (primary N) is 1. The number of fused-ring (bicyclic) bond motifs is 1. The molecule has 39 heavy (non-hydrogen) atoms. The Morgan fingerprint density at radius 3 is 2.56 bits per heavy atom. The minimum Gasteiger partial charge on any atom is -0.369 e. The van der Waals surface area contributed by atoms with Crippen LogP contribution in [0.1, 0.15) is 34.3 Å². The third kappa shape index (κ3) is 5.35. The summed E-state index contributed by atoms with van der Waals surface area (Å²) in [6.45, 7) is 0.522. The highest BCUT2D eigenvalue weighted by Gasteiger charge is 2.24. The first kappa shape index (κ1) is 24.4. The number of carbonyl (C=O) groups excluding carboxylic acids is 2. The molecule has 3 aromatic heterocycles. The lowest BCUT2D eigenvalue weighted by atomic mass is 10.1. The number of nitrogens with one attached hydrogen (secondary N) is 2. The lowest BCUT2D eigenvalue weighted by Gasteiger charge is -2.12. The molecule has 0 saturated heterocycles. The first-order valence-electron chi connectivity index (χ1n) is 12.8. The quantitative estimate of drug-likeness (QED) is 0.273. The van der Waals surface area contributed by atoms with Gasteiger partial charge < -0.3 is 16.4 Å². The lowest BCUT2D eigenvalue weighted by Crippen LogP contribution is -2.25. The van der Waals surface area contributed by atoms with Gasteiger partial charge in [0.05, 0.1) is 30.2 Å². The molecule has 0 spiro atoms. The van der Waals surface area contributed by atoms with Crippen molar-refractivity contribution in [2.24, 2.45) is 12.8 Å². The van der Waals surface area contributed by atoms with Crippen LogP contribution in [0.5, 0.6) is 0 Å². The molecule has 196 valence electrons. The van der Waals surface area contributed by atoms with Gasteiger partial charge in [0, 0.05) is 54.3 Å². The van der Waals surface area contributed by atoms with Crippen molar-refractivity contribution in [3.05, 3.63) is 90.0 Å². The van der Waals surface area contributed by atoms with Gasteiger partial charge in [-0.15, -0.1) is 0 Å². The number of rotatable bonds is 9. The molecule has 2 amide bonds.